The molecule has 0 aromatic rings. The number of likely N-dealkylation sites (tertiary alicyclic amines) is 1. The molecule has 3 aliphatic rings. The van der Waals surface area contributed by atoms with Gasteiger partial charge >= 0.3 is 6.03 Å². The van der Waals surface area contributed by atoms with Crippen molar-refractivity contribution >= 4 is 6.03 Å². The van der Waals surface area contributed by atoms with Crippen LogP contribution in [0.3, 0.4) is 0 Å². The molecule has 2 amide bonds. The van der Waals surface area contributed by atoms with E-state index in [9.17, 15) is 4.79 Å². The largest absolute Gasteiger partial charge is 0.376 e. The molecule has 5 heteroatoms. The quantitative estimate of drug-likeness (QED) is 0.655. The molecule has 2 saturated heterocycles. The Morgan fingerprint density at radius 1 is 1.38 bits per heavy atom. The van der Waals surface area contributed by atoms with Crippen LogP contribution in [0.1, 0.15) is 19.3 Å². The van der Waals surface area contributed by atoms with Crippen molar-refractivity contribution in [2.75, 3.05) is 19.7 Å². The SMILES string of the molecule is NC1C2CCOC2C1NC(=O)N1CCCC1. The third kappa shape index (κ3) is 1.50. The predicted octanol–water partition coefficient (Wildman–Crippen LogP) is -0.0936. The van der Waals surface area contributed by atoms with E-state index in [-0.39, 0.29) is 24.2 Å². The van der Waals surface area contributed by atoms with Gasteiger partial charge in [-0.05, 0) is 19.3 Å². The Kier molecular flexibility index (Phi) is 2.52. The van der Waals surface area contributed by atoms with Crippen LogP contribution in [0.15, 0.2) is 0 Å². The maximum absolute atomic E-state index is 11.9. The molecule has 3 N–H and O–H groups in total. The molecule has 2 heterocycles. The molecule has 4 atom stereocenters. The lowest BCUT2D eigenvalue weighted by atomic mass is 9.72. The van der Waals surface area contributed by atoms with Crippen molar-refractivity contribution in [3.63, 3.8) is 0 Å². The molecular formula is C11H19N3O2. The second-order valence-corrected chi connectivity index (χ2v) is 5.03. The molecule has 0 aromatic carbocycles. The summed E-state index contributed by atoms with van der Waals surface area (Å²) in [6, 6.07) is 0.145. The first-order valence-corrected chi connectivity index (χ1v) is 6.20. The number of rotatable bonds is 1. The van der Waals surface area contributed by atoms with E-state index in [0.717, 1.165) is 39.0 Å². The zero-order chi connectivity index (χ0) is 11.1. The summed E-state index contributed by atoms with van der Waals surface area (Å²) in [7, 11) is 0. The number of nitrogens with two attached hydrogens (primary N) is 1. The van der Waals surface area contributed by atoms with E-state index in [4.69, 9.17) is 10.5 Å². The van der Waals surface area contributed by atoms with Gasteiger partial charge in [0.25, 0.3) is 0 Å². The normalized spacial score (nSPS) is 41.7. The van der Waals surface area contributed by atoms with E-state index >= 15 is 0 Å². The average Bonchev–Trinajstić information content (AvgIpc) is 2.94. The Balaban J connectivity index is 1.56. The molecular weight excluding hydrogens is 206 g/mol. The highest BCUT2D eigenvalue weighted by atomic mass is 16.5. The number of amides is 2. The monoisotopic (exact) mass is 225 g/mol. The Bertz CT molecular complexity index is 291. The molecule has 0 aromatic heterocycles. The van der Waals surface area contributed by atoms with Crippen molar-refractivity contribution in [1.82, 2.24) is 10.2 Å². The van der Waals surface area contributed by atoms with Gasteiger partial charge in [0.2, 0.25) is 0 Å². The number of carbonyl (C=O) groups is 1. The van der Waals surface area contributed by atoms with Crippen LogP contribution in [0.2, 0.25) is 0 Å². The highest BCUT2D eigenvalue weighted by Crippen LogP contribution is 2.37. The van der Waals surface area contributed by atoms with Crippen molar-refractivity contribution in [3.8, 4) is 0 Å². The number of fused-ring (bicyclic) bond motifs is 1. The van der Waals surface area contributed by atoms with Crippen molar-refractivity contribution in [2.24, 2.45) is 11.7 Å². The van der Waals surface area contributed by atoms with E-state index < -0.39 is 0 Å². The minimum absolute atomic E-state index is 0.0283. The van der Waals surface area contributed by atoms with Gasteiger partial charge < -0.3 is 20.7 Å². The summed E-state index contributed by atoms with van der Waals surface area (Å²) in [5.41, 5.74) is 6.04. The predicted molar refractivity (Wildman–Crippen MR) is 58.9 cm³/mol. The summed E-state index contributed by atoms with van der Waals surface area (Å²) >= 11 is 0. The minimum Gasteiger partial charge on any atom is -0.376 e. The molecule has 16 heavy (non-hydrogen) atoms. The van der Waals surface area contributed by atoms with Crippen molar-refractivity contribution in [1.29, 1.82) is 0 Å². The molecule has 0 radical (unpaired) electrons. The zero-order valence-corrected chi connectivity index (χ0v) is 9.39. The Hall–Kier alpha value is -0.810. The summed E-state index contributed by atoms with van der Waals surface area (Å²) in [6.07, 6.45) is 3.45. The number of hydrogen-bond acceptors (Lipinski definition) is 3. The van der Waals surface area contributed by atoms with Gasteiger partial charge in [0.1, 0.15) is 0 Å². The van der Waals surface area contributed by atoms with Gasteiger partial charge in [0.15, 0.2) is 0 Å². The molecule has 1 saturated carbocycles. The summed E-state index contributed by atoms with van der Waals surface area (Å²) in [5.74, 6) is 0.462. The van der Waals surface area contributed by atoms with Crippen LogP contribution < -0.4 is 11.1 Å². The first-order valence-electron chi connectivity index (χ1n) is 6.20. The fourth-order valence-corrected chi connectivity index (χ4v) is 3.08. The molecule has 4 unspecified atom stereocenters. The lowest BCUT2D eigenvalue weighted by Gasteiger charge is -2.45. The molecule has 0 spiro atoms. The molecule has 3 rings (SSSR count). The molecule has 3 fully saturated rings. The van der Waals surface area contributed by atoms with Gasteiger partial charge in [-0.1, -0.05) is 0 Å². The van der Waals surface area contributed by atoms with E-state index in [0.29, 0.717) is 5.92 Å². The van der Waals surface area contributed by atoms with Crippen LogP contribution in [-0.2, 0) is 4.74 Å². The number of ether oxygens (including phenoxy) is 1. The number of urea groups is 1. The average molecular weight is 225 g/mol. The molecule has 5 nitrogen and oxygen atoms in total. The van der Waals surface area contributed by atoms with Crippen LogP contribution in [0.5, 0.6) is 0 Å². The summed E-state index contributed by atoms with van der Waals surface area (Å²) in [4.78, 5) is 13.8. The minimum atomic E-state index is 0.0283. The second kappa shape index (κ2) is 3.89. The van der Waals surface area contributed by atoms with Gasteiger partial charge in [-0.3, -0.25) is 0 Å². The van der Waals surface area contributed by atoms with Gasteiger partial charge in [-0.25, -0.2) is 4.79 Å². The smallest absolute Gasteiger partial charge is 0.317 e. The fraction of sp³-hybridized carbons (Fsp3) is 0.909. The molecule has 90 valence electrons. The first kappa shape index (κ1) is 10.4. The van der Waals surface area contributed by atoms with Crippen molar-refractivity contribution in [3.05, 3.63) is 0 Å². The van der Waals surface area contributed by atoms with Crippen LogP contribution >= 0.6 is 0 Å². The van der Waals surface area contributed by atoms with Gasteiger partial charge in [0.05, 0.1) is 12.1 Å². The van der Waals surface area contributed by atoms with E-state index in [1.54, 1.807) is 0 Å². The van der Waals surface area contributed by atoms with E-state index in [1.165, 1.54) is 0 Å². The topological polar surface area (TPSA) is 67.6 Å². The lowest BCUT2D eigenvalue weighted by Crippen LogP contribution is -2.69. The second-order valence-electron chi connectivity index (χ2n) is 5.03. The van der Waals surface area contributed by atoms with Crippen LogP contribution in [0, 0.1) is 5.92 Å². The number of nitrogens with zero attached hydrogens (tertiary/aromatic N) is 1. The van der Waals surface area contributed by atoms with Crippen LogP contribution in [-0.4, -0.2) is 48.8 Å². The Labute approximate surface area is 95.3 Å². The number of nitrogens with one attached hydrogen (secondary N) is 1. The summed E-state index contributed by atoms with van der Waals surface area (Å²) in [5, 5.41) is 3.02. The van der Waals surface area contributed by atoms with Gasteiger partial charge in [-0.15, -0.1) is 0 Å². The first-order chi connectivity index (χ1) is 7.77. The van der Waals surface area contributed by atoms with E-state index in [2.05, 4.69) is 5.32 Å². The molecule has 0 bridgehead atoms. The Morgan fingerprint density at radius 2 is 2.12 bits per heavy atom. The molecule has 2 aliphatic heterocycles. The Morgan fingerprint density at radius 3 is 2.88 bits per heavy atom. The standard InChI is InChI=1S/C11H19N3O2/c12-8-7-3-6-16-10(7)9(8)13-11(15)14-4-1-2-5-14/h7-10H,1-6,12H2,(H,13,15). The zero-order valence-electron chi connectivity index (χ0n) is 9.39. The number of hydrogen-bond donors (Lipinski definition) is 2. The van der Waals surface area contributed by atoms with Crippen molar-refractivity contribution in [2.45, 2.75) is 37.5 Å². The maximum Gasteiger partial charge on any atom is 0.317 e. The van der Waals surface area contributed by atoms with E-state index in [1.807, 2.05) is 4.90 Å². The third-order valence-electron chi connectivity index (χ3n) is 4.13. The highest BCUT2D eigenvalue weighted by Gasteiger charge is 2.53. The van der Waals surface area contributed by atoms with Crippen LogP contribution in [0.4, 0.5) is 4.79 Å². The molecule has 1 aliphatic carbocycles. The lowest BCUT2D eigenvalue weighted by molar-refractivity contribution is -0.0149. The highest BCUT2D eigenvalue weighted by molar-refractivity contribution is 5.75. The summed E-state index contributed by atoms with van der Waals surface area (Å²) < 4.78 is 5.59. The summed E-state index contributed by atoms with van der Waals surface area (Å²) in [6.45, 7) is 2.55. The fourth-order valence-electron chi connectivity index (χ4n) is 3.08. The van der Waals surface area contributed by atoms with Gasteiger partial charge in [0, 0.05) is 31.7 Å². The number of carbonyl (C=O) groups excluding carboxylic acids is 1. The third-order valence-corrected chi connectivity index (χ3v) is 4.13. The van der Waals surface area contributed by atoms with Crippen molar-refractivity contribution < 1.29 is 9.53 Å². The van der Waals surface area contributed by atoms with Crippen LogP contribution in [0.25, 0.3) is 0 Å². The maximum atomic E-state index is 11.9. The van der Waals surface area contributed by atoms with Gasteiger partial charge in [-0.2, -0.15) is 0 Å².